The Kier molecular flexibility index (Phi) is 4.55. The van der Waals surface area contributed by atoms with Gasteiger partial charge < -0.3 is 9.73 Å². The lowest BCUT2D eigenvalue weighted by molar-refractivity contribution is -0.0536. The van der Waals surface area contributed by atoms with E-state index in [0.29, 0.717) is 17.8 Å². The van der Waals surface area contributed by atoms with Crippen LogP contribution in [0.2, 0.25) is 0 Å². The molecule has 3 aliphatic rings. The van der Waals surface area contributed by atoms with Crippen molar-refractivity contribution in [2.45, 2.75) is 37.8 Å². The number of amides is 2. The Bertz CT molecular complexity index is 844. The van der Waals surface area contributed by atoms with Crippen molar-refractivity contribution in [1.29, 1.82) is 0 Å². The largest absolute Gasteiger partial charge is 0.441 e. The summed E-state index contributed by atoms with van der Waals surface area (Å²) >= 11 is 5.78. The van der Waals surface area contributed by atoms with E-state index in [-0.39, 0.29) is 36.5 Å². The van der Waals surface area contributed by atoms with E-state index in [0.717, 1.165) is 0 Å². The zero-order chi connectivity index (χ0) is 19.2. The number of carbonyl (C=O) groups excluding carboxylic acids is 1. The molecule has 1 aromatic rings. The van der Waals surface area contributed by atoms with E-state index in [1.807, 2.05) is 11.8 Å². The molecule has 1 aliphatic carbocycles. The van der Waals surface area contributed by atoms with Crippen LogP contribution in [0, 0.1) is 0 Å². The number of hydrogen-bond donors (Lipinski definition) is 1. The zero-order valence-electron chi connectivity index (χ0n) is 14.7. The highest BCUT2D eigenvalue weighted by molar-refractivity contribution is 6.30. The molecule has 0 radical (unpaired) electrons. The van der Waals surface area contributed by atoms with Crippen molar-refractivity contribution < 1.29 is 18.0 Å². The monoisotopic (exact) mass is 396 g/mol. The summed E-state index contributed by atoms with van der Waals surface area (Å²) < 4.78 is 33.4. The Morgan fingerprint density at radius 3 is 2.89 bits per heavy atom. The summed E-state index contributed by atoms with van der Waals surface area (Å²) in [5.41, 5.74) is -0.615. The predicted octanol–water partition coefficient (Wildman–Crippen LogP) is 3.73. The minimum Gasteiger partial charge on any atom is -0.441 e. The highest BCUT2D eigenvalue weighted by atomic mass is 35.5. The smallest absolute Gasteiger partial charge is 0.328 e. The first-order valence-electron chi connectivity index (χ1n) is 8.75. The van der Waals surface area contributed by atoms with Crippen molar-refractivity contribution in [3.8, 4) is 0 Å². The molecule has 3 heterocycles. The Hall–Kier alpha value is -2.19. The lowest BCUT2D eigenvalue weighted by Gasteiger charge is -2.48. The molecule has 1 saturated heterocycles. The molecule has 2 aliphatic heterocycles. The number of allylic oxidation sites excluding steroid dienone is 4. The van der Waals surface area contributed by atoms with Crippen LogP contribution in [0.4, 0.5) is 19.4 Å². The third-order valence-corrected chi connectivity index (χ3v) is 5.48. The second kappa shape index (κ2) is 6.76. The van der Waals surface area contributed by atoms with Gasteiger partial charge in [-0.1, -0.05) is 24.6 Å². The third kappa shape index (κ3) is 3.27. The number of urea groups is 1. The molecule has 2 amide bonds. The van der Waals surface area contributed by atoms with E-state index in [4.69, 9.17) is 16.0 Å². The Morgan fingerprint density at radius 2 is 2.22 bits per heavy atom. The highest BCUT2D eigenvalue weighted by Crippen LogP contribution is 2.36. The molecule has 0 spiro atoms. The van der Waals surface area contributed by atoms with Gasteiger partial charge in [-0.25, -0.2) is 13.6 Å². The van der Waals surface area contributed by atoms with E-state index >= 15 is 0 Å². The molecule has 0 saturated carbocycles. The van der Waals surface area contributed by atoms with Crippen molar-refractivity contribution >= 4 is 29.0 Å². The number of anilines is 1. The first kappa shape index (κ1) is 18.2. The number of nitrogens with one attached hydrogen (secondary N) is 1. The summed E-state index contributed by atoms with van der Waals surface area (Å²) in [5, 5.41) is 2.94. The number of rotatable bonds is 4. The Balaban J connectivity index is 1.52. The molecular formula is C18H19ClF2N4O2. The predicted molar refractivity (Wildman–Crippen MR) is 97.6 cm³/mol. The van der Waals surface area contributed by atoms with Gasteiger partial charge in [0.15, 0.2) is 18.0 Å². The maximum atomic E-state index is 14.1. The highest BCUT2D eigenvalue weighted by Gasteiger charge is 2.45. The van der Waals surface area contributed by atoms with E-state index in [1.54, 1.807) is 18.4 Å². The normalized spacial score (nSPS) is 27.7. The van der Waals surface area contributed by atoms with Crippen molar-refractivity contribution in [2.75, 3.05) is 18.0 Å². The molecule has 2 atom stereocenters. The van der Waals surface area contributed by atoms with Crippen LogP contribution >= 0.6 is 11.6 Å². The SMILES string of the molecule is CCC1(F)CN(C2C=CN(c3ncoc3C3=CC=C(Cl)C(F)C3)C(=O)N2)C1. The number of aromatic nitrogens is 1. The topological polar surface area (TPSA) is 61.6 Å². The first-order valence-corrected chi connectivity index (χ1v) is 9.13. The van der Waals surface area contributed by atoms with Crippen LogP contribution in [0.5, 0.6) is 0 Å². The maximum absolute atomic E-state index is 14.1. The number of likely N-dealkylation sites (tertiary alicyclic amines) is 1. The molecule has 2 unspecified atom stereocenters. The molecule has 9 heteroatoms. The standard InChI is InChI=1S/C18H19ClF2N4O2/c1-2-18(21)8-24(9-18)14-5-6-25(17(26)23-14)16-15(27-10-22-16)11-3-4-12(19)13(20)7-11/h3-6,10,13-14H,2,7-9H2,1H3,(H,23,26). The second-order valence-corrected chi connectivity index (χ2v) is 7.37. The molecule has 1 aromatic heterocycles. The lowest BCUT2D eigenvalue weighted by atomic mass is 9.92. The number of carbonyl (C=O) groups is 1. The third-order valence-electron chi connectivity index (χ3n) is 5.12. The van der Waals surface area contributed by atoms with Crippen LogP contribution in [-0.2, 0) is 0 Å². The maximum Gasteiger partial charge on any atom is 0.328 e. The minimum absolute atomic E-state index is 0.0443. The fourth-order valence-electron chi connectivity index (χ4n) is 3.40. The molecule has 4 rings (SSSR count). The van der Waals surface area contributed by atoms with E-state index in [9.17, 15) is 13.6 Å². The number of alkyl halides is 2. The summed E-state index contributed by atoms with van der Waals surface area (Å²) in [6.45, 7) is 2.38. The van der Waals surface area contributed by atoms with Crippen LogP contribution in [0.3, 0.4) is 0 Å². The molecule has 6 nitrogen and oxygen atoms in total. The molecular weight excluding hydrogens is 378 g/mol. The fourth-order valence-corrected chi connectivity index (χ4v) is 3.54. The summed E-state index contributed by atoms with van der Waals surface area (Å²) in [6.07, 6.45) is 6.49. The summed E-state index contributed by atoms with van der Waals surface area (Å²) in [5.74, 6) is 0.582. The van der Waals surface area contributed by atoms with Gasteiger partial charge in [-0.3, -0.25) is 9.80 Å². The molecule has 1 fully saturated rings. The second-order valence-electron chi connectivity index (χ2n) is 6.94. The van der Waals surface area contributed by atoms with E-state index in [2.05, 4.69) is 10.3 Å². The summed E-state index contributed by atoms with van der Waals surface area (Å²) in [4.78, 5) is 19.8. The molecule has 0 bridgehead atoms. The van der Waals surface area contributed by atoms with Crippen molar-refractivity contribution in [3.63, 3.8) is 0 Å². The number of hydrogen-bond acceptors (Lipinski definition) is 4. The van der Waals surface area contributed by atoms with Crippen LogP contribution in [-0.4, -0.2) is 47.0 Å². The molecule has 144 valence electrons. The van der Waals surface area contributed by atoms with Crippen LogP contribution < -0.4 is 10.2 Å². The van der Waals surface area contributed by atoms with Gasteiger partial charge >= 0.3 is 6.03 Å². The number of oxazole rings is 1. The minimum atomic E-state index is -1.31. The quantitative estimate of drug-likeness (QED) is 0.842. The molecule has 0 aromatic carbocycles. The Morgan fingerprint density at radius 1 is 1.44 bits per heavy atom. The van der Waals surface area contributed by atoms with Gasteiger partial charge in [0.1, 0.15) is 18.0 Å². The molecule has 27 heavy (non-hydrogen) atoms. The van der Waals surface area contributed by atoms with Crippen molar-refractivity contribution in [2.24, 2.45) is 0 Å². The van der Waals surface area contributed by atoms with Crippen molar-refractivity contribution in [1.82, 2.24) is 15.2 Å². The van der Waals surface area contributed by atoms with Crippen LogP contribution in [0.1, 0.15) is 25.5 Å². The van der Waals surface area contributed by atoms with Crippen LogP contribution in [0.25, 0.3) is 5.57 Å². The van der Waals surface area contributed by atoms with Crippen molar-refractivity contribution in [3.05, 3.63) is 41.6 Å². The van der Waals surface area contributed by atoms with Gasteiger partial charge in [-0.05, 0) is 18.6 Å². The van der Waals surface area contributed by atoms with E-state index in [1.165, 1.54) is 17.4 Å². The molecule has 1 N–H and O–H groups in total. The van der Waals surface area contributed by atoms with Gasteiger partial charge in [0.2, 0.25) is 0 Å². The van der Waals surface area contributed by atoms with Gasteiger partial charge in [0, 0.05) is 31.3 Å². The fraction of sp³-hybridized carbons (Fsp3) is 0.444. The number of nitrogens with zero attached hydrogens (tertiary/aromatic N) is 3. The lowest BCUT2D eigenvalue weighted by Crippen LogP contribution is -2.66. The average Bonchev–Trinajstić information content (AvgIpc) is 3.10. The summed E-state index contributed by atoms with van der Waals surface area (Å²) in [6, 6.07) is -0.410. The zero-order valence-corrected chi connectivity index (χ0v) is 15.4. The van der Waals surface area contributed by atoms with Gasteiger partial charge in [-0.2, -0.15) is 4.98 Å². The van der Waals surface area contributed by atoms with Gasteiger partial charge in [0.05, 0.1) is 5.03 Å². The summed E-state index contributed by atoms with van der Waals surface area (Å²) in [7, 11) is 0. The average molecular weight is 397 g/mol. The Labute approximate surface area is 160 Å². The van der Waals surface area contributed by atoms with Gasteiger partial charge in [-0.15, -0.1) is 0 Å². The van der Waals surface area contributed by atoms with E-state index < -0.39 is 17.9 Å². The first-order chi connectivity index (χ1) is 12.9. The number of halogens is 3. The van der Waals surface area contributed by atoms with Crippen LogP contribution in [0.15, 0.2) is 40.3 Å². The van der Waals surface area contributed by atoms with Gasteiger partial charge in [0.25, 0.3) is 0 Å².